The number of carbonyl (C=O) groups excluding carboxylic acids is 2. The molecule has 1 aromatic heterocycles. The van der Waals surface area contributed by atoms with Gasteiger partial charge in [-0.05, 0) is 18.1 Å². The summed E-state index contributed by atoms with van der Waals surface area (Å²) in [6.07, 6.45) is 5.50. The molecule has 0 radical (unpaired) electrons. The molecule has 2 aromatic rings. The van der Waals surface area contributed by atoms with Crippen molar-refractivity contribution >= 4 is 17.9 Å². The number of amides is 2. The molecule has 1 fully saturated rings. The van der Waals surface area contributed by atoms with Gasteiger partial charge in [-0.2, -0.15) is 0 Å². The average molecular weight is 325 g/mol. The van der Waals surface area contributed by atoms with E-state index < -0.39 is 0 Å². The molecule has 3 rings (SSSR count). The minimum atomic E-state index is -0.349. The van der Waals surface area contributed by atoms with Crippen molar-refractivity contribution in [2.24, 2.45) is 11.7 Å². The fourth-order valence-corrected chi connectivity index (χ4v) is 2.69. The zero-order valence-electron chi connectivity index (χ0n) is 13.2. The molecule has 0 bridgehead atoms. The first-order chi connectivity index (χ1) is 11.6. The Labute approximate surface area is 139 Å². The molecule has 0 saturated carbocycles. The molecule has 2 N–H and O–H groups in total. The number of nitrogens with zero attached hydrogens (tertiary/aromatic N) is 4. The monoisotopic (exact) mass is 325 g/mol. The number of hydrogen-bond donors (Lipinski definition) is 1. The second-order valence-electron chi connectivity index (χ2n) is 5.83. The number of benzene rings is 1. The SMILES string of the molecule is NC(=O)C1CCN(C(=O)/C=C/c2cn(Cc3ccccc3)nn2)C1. The lowest BCUT2D eigenvalue weighted by Gasteiger charge is -2.12. The van der Waals surface area contributed by atoms with Gasteiger partial charge in [0, 0.05) is 19.2 Å². The maximum atomic E-state index is 12.1. The summed E-state index contributed by atoms with van der Waals surface area (Å²) in [5, 5.41) is 8.09. The van der Waals surface area contributed by atoms with E-state index in [1.54, 1.807) is 21.9 Å². The maximum absolute atomic E-state index is 12.1. The van der Waals surface area contributed by atoms with Crippen LogP contribution in [-0.4, -0.2) is 44.8 Å². The summed E-state index contributed by atoms with van der Waals surface area (Å²) in [6, 6.07) is 9.94. The molecule has 24 heavy (non-hydrogen) atoms. The molecule has 124 valence electrons. The molecule has 7 nitrogen and oxygen atoms in total. The third-order valence-electron chi connectivity index (χ3n) is 4.04. The summed E-state index contributed by atoms with van der Waals surface area (Å²) in [6.45, 7) is 1.57. The van der Waals surface area contributed by atoms with Crippen LogP contribution in [-0.2, 0) is 16.1 Å². The quantitative estimate of drug-likeness (QED) is 0.818. The van der Waals surface area contributed by atoms with E-state index in [1.807, 2.05) is 30.3 Å². The van der Waals surface area contributed by atoms with E-state index >= 15 is 0 Å². The Bertz CT molecular complexity index is 753. The molecule has 1 aliphatic rings. The Hall–Kier alpha value is -2.96. The number of nitrogens with two attached hydrogens (primary N) is 1. The third-order valence-corrected chi connectivity index (χ3v) is 4.04. The highest BCUT2D eigenvalue weighted by Gasteiger charge is 2.28. The van der Waals surface area contributed by atoms with Crippen molar-refractivity contribution in [1.82, 2.24) is 19.9 Å². The smallest absolute Gasteiger partial charge is 0.246 e. The largest absolute Gasteiger partial charge is 0.369 e. The molecule has 0 spiro atoms. The minimum absolute atomic E-state index is 0.142. The van der Waals surface area contributed by atoms with Gasteiger partial charge in [-0.3, -0.25) is 9.59 Å². The number of likely N-dealkylation sites (tertiary alicyclic amines) is 1. The van der Waals surface area contributed by atoms with E-state index in [9.17, 15) is 9.59 Å². The Morgan fingerprint density at radius 1 is 1.29 bits per heavy atom. The maximum Gasteiger partial charge on any atom is 0.246 e. The van der Waals surface area contributed by atoms with E-state index in [0.29, 0.717) is 31.7 Å². The van der Waals surface area contributed by atoms with E-state index in [-0.39, 0.29) is 17.7 Å². The Balaban J connectivity index is 1.57. The van der Waals surface area contributed by atoms with Gasteiger partial charge in [-0.25, -0.2) is 4.68 Å². The normalized spacial score (nSPS) is 17.5. The summed E-state index contributed by atoms with van der Waals surface area (Å²) in [4.78, 5) is 24.9. The van der Waals surface area contributed by atoms with Crippen LogP contribution in [0.1, 0.15) is 17.7 Å². The highest BCUT2D eigenvalue weighted by atomic mass is 16.2. The van der Waals surface area contributed by atoms with Crippen molar-refractivity contribution in [3.63, 3.8) is 0 Å². The average Bonchev–Trinajstić information content (AvgIpc) is 3.23. The first-order valence-corrected chi connectivity index (χ1v) is 7.82. The summed E-state index contributed by atoms with van der Waals surface area (Å²) >= 11 is 0. The molecule has 1 aliphatic heterocycles. The minimum Gasteiger partial charge on any atom is -0.369 e. The molecule has 1 unspecified atom stereocenters. The standard InChI is InChI=1S/C17H19N5O2/c18-17(24)14-8-9-21(11-14)16(23)7-6-15-12-22(20-19-15)10-13-4-2-1-3-5-13/h1-7,12,14H,8-11H2,(H2,18,24)/b7-6+. The lowest BCUT2D eigenvalue weighted by Crippen LogP contribution is -2.30. The van der Waals surface area contributed by atoms with Crippen LogP contribution in [0.5, 0.6) is 0 Å². The Morgan fingerprint density at radius 3 is 2.79 bits per heavy atom. The molecular weight excluding hydrogens is 306 g/mol. The van der Waals surface area contributed by atoms with Crippen molar-refractivity contribution in [2.45, 2.75) is 13.0 Å². The third kappa shape index (κ3) is 3.87. The summed E-state index contributed by atoms with van der Waals surface area (Å²) < 4.78 is 1.72. The molecule has 1 aromatic carbocycles. The summed E-state index contributed by atoms with van der Waals surface area (Å²) in [5.41, 5.74) is 7.02. The van der Waals surface area contributed by atoms with Crippen LogP contribution < -0.4 is 5.73 Å². The van der Waals surface area contributed by atoms with Gasteiger partial charge in [-0.15, -0.1) is 5.10 Å². The highest BCUT2D eigenvalue weighted by molar-refractivity contribution is 5.92. The van der Waals surface area contributed by atoms with Crippen molar-refractivity contribution < 1.29 is 9.59 Å². The van der Waals surface area contributed by atoms with E-state index in [1.165, 1.54) is 6.08 Å². The summed E-state index contributed by atoms with van der Waals surface area (Å²) in [7, 11) is 0. The number of carbonyl (C=O) groups is 2. The first kappa shape index (κ1) is 15.9. The van der Waals surface area contributed by atoms with Crippen LogP contribution in [0.15, 0.2) is 42.6 Å². The number of aromatic nitrogens is 3. The van der Waals surface area contributed by atoms with Crippen molar-refractivity contribution in [1.29, 1.82) is 0 Å². The van der Waals surface area contributed by atoms with Crippen LogP contribution in [0.3, 0.4) is 0 Å². The molecule has 1 saturated heterocycles. The molecule has 1 atom stereocenters. The van der Waals surface area contributed by atoms with E-state index in [0.717, 1.165) is 5.56 Å². The van der Waals surface area contributed by atoms with Gasteiger partial charge in [0.1, 0.15) is 5.69 Å². The Morgan fingerprint density at radius 2 is 2.08 bits per heavy atom. The van der Waals surface area contributed by atoms with Crippen LogP contribution in [0.25, 0.3) is 6.08 Å². The van der Waals surface area contributed by atoms with Gasteiger partial charge in [0.25, 0.3) is 0 Å². The number of hydrogen-bond acceptors (Lipinski definition) is 4. The van der Waals surface area contributed by atoms with Gasteiger partial charge < -0.3 is 10.6 Å². The van der Waals surface area contributed by atoms with Crippen LogP contribution in [0, 0.1) is 5.92 Å². The molecule has 0 aliphatic carbocycles. The van der Waals surface area contributed by atoms with Gasteiger partial charge >= 0.3 is 0 Å². The number of rotatable bonds is 5. The molecule has 2 amide bonds. The van der Waals surface area contributed by atoms with Crippen molar-refractivity contribution in [3.8, 4) is 0 Å². The lowest BCUT2D eigenvalue weighted by molar-refractivity contribution is -0.125. The second-order valence-corrected chi connectivity index (χ2v) is 5.83. The fourth-order valence-electron chi connectivity index (χ4n) is 2.69. The first-order valence-electron chi connectivity index (χ1n) is 7.82. The van der Waals surface area contributed by atoms with Crippen molar-refractivity contribution in [2.75, 3.05) is 13.1 Å². The zero-order chi connectivity index (χ0) is 16.9. The second kappa shape index (κ2) is 7.08. The predicted octanol–water partition coefficient (Wildman–Crippen LogP) is 0.673. The van der Waals surface area contributed by atoms with Gasteiger partial charge in [-0.1, -0.05) is 35.5 Å². The van der Waals surface area contributed by atoms with Gasteiger partial charge in [0.15, 0.2) is 0 Å². The lowest BCUT2D eigenvalue weighted by atomic mass is 10.1. The summed E-state index contributed by atoms with van der Waals surface area (Å²) in [5.74, 6) is -0.733. The topological polar surface area (TPSA) is 94.1 Å². The highest BCUT2D eigenvalue weighted by Crippen LogP contribution is 2.16. The van der Waals surface area contributed by atoms with Crippen LogP contribution in [0.2, 0.25) is 0 Å². The zero-order valence-corrected chi connectivity index (χ0v) is 13.2. The predicted molar refractivity (Wildman–Crippen MR) is 88.5 cm³/mol. The Kier molecular flexibility index (Phi) is 4.69. The molecule has 2 heterocycles. The van der Waals surface area contributed by atoms with Gasteiger partial charge in [0.05, 0.1) is 18.7 Å². The fraction of sp³-hybridized carbons (Fsp3) is 0.294. The van der Waals surface area contributed by atoms with Crippen LogP contribution >= 0.6 is 0 Å². The number of primary amides is 1. The molecule has 7 heteroatoms. The molecular formula is C17H19N5O2. The van der Waals surface area contributed by atoms with Crippen molar-refractivity contribution in [3.05, 3.63) is 53.9 Å². The van der Waals surface area contributed by atoms with E-state index in [4.69, 9.17) is 5.73 Å². The van der Waals surface area contributed by atoms with E-state index in [2.05, 4.69) is 10.3 Å². The van der Waals surface area contributed by atoms with Crippen LogP contribution in [0.4, 0.5) is 0 Å². The van der Waals surface area contributed by atoms with Gasteiger partial charge in [0.2, 0.25) is 11.8 Å².